The van der Waals surface area contributed by atoms with Crippen LogP contribution in [0, 0.1) is 5.92 Å². The van der Waals surface area contributed by atoms with Crippen LogP contribution in [0.3, 0.4) is 0 Å². The highest BCUT2D eigenvalue weighted by atomic mass is 16.6. The number of ether oxygens (including phenoxy) is 3. The number of carbonyl (C=O) groups excluding carboxylic acids is 1. The highest BCUT2D eigenvalue weighted by molar-refractivity contribution is 5.68. The van der Waals surface area contributed by atoms with Gasteiger partial charge in [-0.15, -0.1) is 0 Å². The summed E-state index contributed by atoms with van der Waals surface area (Å²) < 4.78 is 17.6. The van der Waals surface area contributed by atoms with Gasteiger partial charge >= 0.3 is 5.97 Å². The third-order valence-electron chi connectivity index (χ3n) is 6.69. The first-order valence-electron chi connectivity index (χ1n) is 9.02. The van der Waals surface area contributed by atoms with Crippen molar-refractivity contribution in [1.29, 1.82) is 0 Å². The van der Waals surface area contributed by atoms with Crippen LogP contribution in [0.15, 0.2) is 24.0 Å². The van der Waals surface area contributed by atoms with Crippen molar-refractivity contribution in [2.45, 2.75) is 43.7 Å². The highest BCUT2D eigenvalue weighted by Crippen LogP contribution is 2.63. The lowest BCUT2D eigenvalue weighted by Crippen LogP contribution is -2.63. The van der Waals surface area contributed by atoms with Crippen molar-refractivity contribution in [2.24, 2.45) is 5.92 Å². The average Bonchev–Trinajstić information content (AvgIpc) is 2.94. The summed E-state index contributed by atoms with van der Waals surface area (Å²) in [4.78, 5) is 14.1. The maximum Gasteiger partial charge on any atom is 0.307 e. The van der Waals surface area contributed by atoms with Crippen molar-refractivity contribution in [1.82, 2.24) is 4.90 Å². The first-order valence-corrected chi connectivity index (χ1v) is 9.02. The molecular weight excluding hydrogens is 318 g/mol. The molecule has 4 aliphatic rings. The van der Waals surface area contributed by atoms with Crippen molar-refractivity contribution >= 4 is 5.97 Å². The minimum atomic E-state index is -0.284. The lowest BCUT2D eigenvalue weighted by Gasteiger charge is -2.56. The third kappa shape index (κ3) is 1.79. The van der Waals surface area contributed by atoms with Gasteiger partial charge in [0.05, 0.1) is 7.11 Å². The van der Waals surface area contributed by atoms with E-state index in [0.717, 1.165) is 37.3 Å². The number of likely N-dealkylation sites (N-methyl/N-ethyl adjacent to an activating group) is 1. The molecule has 0 amide bonds. The van der Waals surface area contributed by atoms with Crippen LogP contribution in [0.1, 0.15) is 30.9 Å². The van der Waals surface area contributed by atoms with Gasteiger partial charge in [0, 0.05) is 23.9 Å². The standard InChI is InChI=1S/C20H23NO4/c1-11(22)24-16-7-5-13-14-10-12-4-6-15(23-3)18-17(12)20(13,19(16)25-18)8-9-21(14)2/h4,6-7,13-14,19H,5,8-10H2,1-3H3/t13-,14+,19-,20?/m0/s1. The molecule has 1 aromatic carbocycles. The molecule has 0 aromatic heterocycles. The molecule has 0 saturated carbocycles. The smallest absolute Gasteiger partial charge is 0.307 e. The number of likely N-dealkylation sites (tertiary alicyclic amines) is 1. The van der Waals surface area contributed by atoms with Crippen LogP contribution in [-0.4, -0.2) is 43.7 Å². The molecule has 5 nitrogen and oxygen atoms in total. The number of allylic oxidation sites excluding steroid dienone is 1. The molecule has 2 aliphatic carbocycles. The van der Waals surface area contributed by atoms with E-state index < -0.39 is 0 Å². The molecule has 0 radical (unpaired) electrons. The second-order valence-corrected chi connectivity index (χ2v) is 7.71. The van der Waals surface area contributed by atoms with E-state index in [0.29, 0.717) is 17.7 Å². The van der Waals surface area contributed by atoms with Crippen LogP contribution in [-0.2, 0) is 21.4 Å². The molecule has 25 heavy (non-hydrogen) atoms. The lowest BCUT2D eigenvalue weighted by molar-refractivity contribution is -0.140. The molecule has 2 bridgehead atoms. The summed E-state index contributed by atoms with van der Waals surface area (Å²) in [6.07, 6.45) is 4.83. The number of hydrogen-bond donors (Lipinski definition) is 0. The minimum Gasteiger partial charge on any atom is -0.493 e. The molecule has 2 heterocycles. The average molecular weight is 341 g/mol. The zero-order valence-corrected chi connectivity index (χ0v) is 14.9. The van der Waals surface area contributed by atoms with E-state index in [1.807, 2.05) is 6.07 Å². The summed E-state index contributed by atoms with van der Waals surface area (Å²) in [6.45, 7) is 2.49. The first-order chi connectivity index (χ1) is 12.1. The normalized spacial score (nSPS) is 34.7. The maximum atomic E-state index is 11.6. The van der Waals surface area contributed by atoms with E-state index in [1.165, 1.54) is 18.1 Å². The Morgan fingerprint density at radius 1 is 1.40 bits per heavy atom. The zero-order valence-electron chi connectivity index (χ0n) is 14.9. The number of nitrogens with zero attached hydrogens (tertiary/aromatic N) is 1. The Hall–Kier alpha value is -2.01. The van der Waals surface area contributed by atoms with E-state index >= 15 is 0 Å². The summed E-state index contributed by atoms with van der Waals surface area (Å²) in [5.41, 5.74) is 2.56. The van der Waals surface area contributed by atoms with E-state index in [-0.39, 0.29) is 17.5 Å². The van der Waals surface area contributed by atoms with E-state index in [9.17, 15) is 4.79 Å². The number of rotatable bonds is 2. The summed E-state index contributed by atoms with van der Waals surface area (Å²) in [6, 6.07) is 4.70. The van der Waals surface area contributed by atoms with Crippen LogP contribution in [0.2, 0.25) is 0 Å². The van der Waals surface area contributed by atoms with Gasteiger partial charge in [0.25, 0.3) is 0 Å². The summed E-state index contributed by atoms with van der Waals surface area (Å²) >= 11 is 0. The summed E-state index contributed by atoms with van der Waals surface area (Å²) in [5, 5.41) is 0. The second kappa shape index (κ2) is 5.01. The van der Waals surface area contributed by atoms with Gasteiger partial charge < -0.3 is 19.1 Å². The second-order valence-electron chi connectivity index (χ2n) is 7.71. The third-order valence-corrected chi connectivity index (χ3v) is 6.69. The monoisotopic (exact) mass is 341 g/mol. The molecule has 1 unspecified atom stereocenters. The predicted molar refractivity (Wildman–Crippen MR) is 91.8 cm³/mol. The Labute approximate surface area is 147 Å². The van der Waals surface area contributed by atoms with Gasteiger partial charge in [-0.1, -0.05) is 6.07 Å². The molecule has 1 spiro atoms. The van der Waals surface area contributed by atoms with Crippen LogP contribution in [0.5, 0.6) is 11.5 Å². The number of benzene rings is 1. The first kappa shape index (κ1) is 15.3. The molecule has 2 aliphatic heterocycles. The lowest BCUT2D eigenvalue weighted by atomic mass is 9.53. The van der Waals surface area contributed by atoms with Gasteiger partial charge in [-0.25, -0.2) is 0 Å². The van der Waals surface area contributed by atoms with Crippen LogP contribution >= 0.6 is 0 Å². The van der Waals surface area contributed by atoms with Crippen LogP contribution in [0.25, 0.3) is 0 Å². The topological polar surface area (TPSA) is 48.0 Å². The molecule has 5 heteroatoms. The van der Waals surface area contributed by atoms with Gasteiger partial charge in [-0.3, -0.25) is 4.79 Å². The minimum absolute atomic E-state index is 0.103. The fourth-order valence-corrected chi connectivity index (χ4v) is 5.73. The Balaban J connectivity index is 1.74. The molecule has 1 aromatic rings. The number of piperidine rings is 1. The summed E-state index contributed by atoms with van der Waals surface area (Å²) in [7, 11) is 3.91. The number of methoxy groups -OCH3 is 1. The van der Waals surface area contributed by atoms with Gasteiger partial charge in [0.2, 0.25) is 0 Å². The van der Waals surface area contributed by atoms with E-state index in [4.69, 9.17) is 14.2 Å². The van der Waals surface area contributed by atoms with Crippen molar-refractivity contribution in [3.05, 3.63) is 35.1 Å². The molecule has 132 valence electrons. The van der Waals surface area contributed by atoms with Gasteiger partial charge in [-0.2, -0.15) is 0 Å². The van der Waals surface area contributed by atoms with Crippen molar-refractivity contribution in [2.75, 3.05) is 20.7 Å². The van der Waals surface area contributed by atoms with E-state index in [2.05, 4.69) is 24.1 Å². The van der Waals surface area contributed by atoms with Crippen LogP contribution < -0.4 is 9.47 Å². The van der Waals surface area contributed by atoms with Crippen LogP contribution in [0.4, 0.5) is 0 Å². The van der Waals surface area contributed by atoms with Crippen molar-refractivity contribution in [3.8, 4) is 11.5 Å². The molecule has 1 fully saturated rings. The summed E-state index contributed by atoms with van der Waals surface area (Å²) in [5.74, 6) is 2.52. The molecule has 0 N–H and O–H groups in total. The fraction of sp³-hybridized carbons (Fsp3) is 0.550. The molecule has 5 rings (SSSR count). The molecule has 1 saturated heterocycles. The van der Waals surface area contributed by atoms with Crippen molar-refractivity contribution in [3.63, 3.8) is 0 Å². The molecular formula is C20H23NO4. The van der Waals surface area contributed by atoms with E-state index in [1.54, 1.807) is 7.11 Å². The Bertz CT molecular complexity index is 801. The quantitative estimate of drug-likeness (QED) is 0.773. The largest absolute Gasteiger partial charge is 0.493 e. The SMILES string of the molecule is COc1ccc2c3c1O[C@H]1C(OC(C)=O)=CC[C@H]4[C@@H](C2)N(C)CCC314. The Morgan fingerprint density at radius 3 is 3.00 bits per heavy atom. The maximum absolute atomic E-state index is 11.6. The predicted octanol–water partition coefficient (Wildman–Crippen LogP) is 2.42. The number of carbonyl (C=O) groups is 1. The number of hydrogen-bond acceptors (Lipinski definition) is 5. The molecule has 4 atom stereocenters. The van der Waals surface area contributed by atoms with Gasteiger partial charge in [0.15, 0.2) is 17.6 Å². The van der Waals surface area contributed by atoms with Crippen molar-refractivity contribution < 1.29 is 19.0 Å². The van der Waals surface area contributed by atoms with Gasteiger partial charge in [-0.05, 0) is 56.5 Å². The Morgan fingerprint density at radius 2 is 2.24 bits per heavy atom. The number of esters is 1. The Kier molecular flexibility index (Phi) is 3.06. The fourth-order valence-electron chi connectivity index (χ4n) is 5.73. The zero-order chi connectivity index (χ0) is 17.3. The highest BCUT2D eigenvalue weighted by Gasteiger charge is 2.64. The van der Waals surface area contributed by atoms with Gasteiger partial charge in [0.1, 0.15) is 5.76 Å².